The molecule has 0 aromatic rings. The maximum absolute atomic E-state index is 12.1. The van der Waals surface area contributed by atoms with Crippen molar-refractivity contribution in [3.8, 4) is 0 Å². The number of hydrogen-bond donors (Lipinski definition) is 1. The molecule has 10 atom stereocenters. The molecule has 186 valence electrons. The van der Waals surface area contributed by atoms with Crippen molar-refractivity contribution in [1.82, 2.24) is 0 Å². The molecular formula is C30H48O3. The van der Waals surface area contributed by atoms with Crippen LogP contribution >= 0.6 is 0 Å². The lowest BCUT2D eigenvalue weighted by molar-refractivity contribution is -0.150. The van der Waals surface area contributed by atoms with Crippen molar-refractivity contribution >= 4 is 5.97 Å². The van der Waals surface area contributed by atoms with Crippen molar-refractivity contribution in [1.29, 1.82) is 0 Å². The molecule has 0 saturated heterocycles. The molecule has 0 heterocycles. The molecule has 0 aromatic heterocycles. The maximum atomic E-state index is 12.1. The Morgan fingerprint density at radius 2 is 1.85 bits per heavy atom. The van der Waals surface area contributed by atoms with E-state index >= 15 is 0 Å². The number of ether oxygens (including phenoxy) is 1. The lowest BCUT2D eigenvalue weighted by atomic mass is 9.47. The third-order valence-electron chi connectivity index (χ3n) is 10.8. The first-order chi connectivity index (χ1) is 15.5. The second-order valence-electron chi connectivity index (χ2n) is 13.0. The predicted octanol–water partition coefficient (Wildman–Crippen LogP) is 6.95. The number of fused-ring (bicyclic) bond motifs is 5. The van der Waals surface area contributed by atoms with Gasteiger partial charge in [0.2, 0.25) is 0 Å². The molecule has 3 nitrogen and oxygen atoms in total. The third kappa shape index (κ3) is 4.37. The summed E-state index contributed by atoms with van der Waals surface area (Å²) in [6, 6.07) is 0. The van der Waals surface area contributed by atoms with Gasteiger partial charge >= 0.3 is 5.97 Å². The number of esters is 1. The third-order valence-corrected chi connectivity index (χ3v) is 10.8. The predicted molar refractivity (Wildman–Crippen MR) is 134 cm³/mol. The van der Waals surface area contributed by atoms with E-state index in [-0.39, 0.29) is 29.0 Å². The number of carbonyl (C=O) groups is 1. The highest BCUT2D eigenvalue weighted by Gasteiger charge is 2.62. The number of hydrogen-bond acceptors (Lipinski definition) is 3. The second-order valence-corrected chi connectivity index (χ2v) is 13.0. The van der Waals surface area contributed by atoms with E-state index in [0.717, 1.165) is 32.1 Å². The van der Waals surface area contributed by atoms with Crippen molar-refractivity contribution in [3.05, 3.63) is 23.8 Å². The summed E-state index contributed by atoms with van der Waals surface area (Å²) in [6.45, 7) is 15.8. The molecule has 10 unspecified atom stereocenters. The zero-order chi connectivity index (χ0) is 24.1. The number of carbonyl (C=O) groups excluding carboxylic acids is 1. The summed E-state index contributed by atoms with van der Waals surface area (Å²) in [7, 11) is 0. The van der Waals surface area contributed by atoms with E-state index < -0.39 is 0 Å². The van der Waals surface area contributed by atoms with Gasteiger partial charge in [-0.3, -0.25) is 4.79 Å². The van der Waals surface area contributed by atoms with E-state index in [1.165, 1.54) is 18.4 Å². The van der Waals surface area contributed by atoms with Crippen molar-refractivity contribution in [2.24, 2.45) is 52.3 Å². The normalized spacial score (nSPS) is 44.6. The fourth-order valence-corrected chi connectivity index (χ4v) is 8.64. The smallest absolute Gasteiger partial charge is 0.302 e. The fourth-order valence-electron chi connectivity index (χ4n) is 8.64. The molecule has 0 bridgehead atoms. The first kappa shape index (κ1) is 25.0. The molecule has 4 rings (SSSR count). The number of aliphatic hydroxyl groups excluding tert-OH is 1. The van der Waals surface area contributed by atoms with Crippen molar-refractivity contribution in [2.45, 2.75) is 106 Å². The Morgan fingerprint density at radius 3 is 2.52 bits per heavy atom. The van der Waals surface area contributed by atoms with Gasteiger partial charge in [-0.15, -0.1) is 0 Å². The summed E-state index contributed by atoms with van der Waals surface area (Å²) in [5, 5.41) is 10.3. The van der Waals surface area contributed by atoms with E-state index in [1.54, 1.807) is 6.92 Å². The minimum Gasteiger partial charge on any atom is -0.462 e. The standard InChI is InChI=1S/C30H48O3/c1-18(2)19(3)8-9-20(4)28-27(33-21(5)31)17-26-24-11-10-22-16-23(32)12-14-29(22,6)25(24)13-15-30(26,28)7/h8-10,18-20,23-28,32H,11-17H2,1-7H3. The van der Waals surface area contributed by atoms with E-state index in [0.29, 0.717) is 41.4 Å². The van der Waals surface area contributed by atoms with Crippen LogP contribution in [0.15, 0.2) is 23.8 Å². The van der Waals surface area contributed by atoms with Crippen LogP contribution in [0.1, 0.15) is 93.4 Å². The fraction of sp³-hybridized carbons (Fsp3) is 0.833. The summed E-state index contributed by atoms with van der Waals surface area (Å²) in [6.07, 6.45) is 14.8. The van der Waals surface area contributed by atoms with E-state index in [1.807, 2.05) is 0 Å². The van der Waals surface area contributed by atoms with Crippen LogP contribution in [-0.4, -0.2) is 23.3 Å². The van der Waals surface area contributed by atoms with Crippen LogP contribution in [0.5, 0.6) is 0 Å². The minimum atomic E-state index is -0.153. The highest BCUT2D eigenvalue weighted by molar-refractivity contribution is 5.66. The number of allylic oxidation sites excluding steroid dienone is 3. The quantitative estimate of drug-likeness (QED) is 0.359. The van der Waals surface area contributed by atoms with Crippen LogP contribution in [0.3, 0.4) is 0 Å². The highest BCUT2D eigenvalue weighted by Crippen LogP contribution is 2.67. The van der Waals surface area contributed by atoms with Gasteiger partial charge in [0, 0.05) is 12.8 Å². The van der Waals surface area contributed by atoms with Crippen LogP contribution in [0.4, 0.5) is 0 Å². The van der Waals surface area contributed by atoms with Crippen LogP contribution < -0.4 is 0 Å². The molecule has 3 fully saturated rings. The summed E-state index contributed by atoms with van der Waals surface area (Å²) in [5.41, 5.74) is 1.98. The number of aliphatic hydroxyl groups is 1. The van der Waals surface area contributed by atoms with E-state index in [2.05, 4.69) is 59.8 Å². The van der Waals surface area contributed by atoms with Gasteiger partial charge in [-0.05, 0) is 91.3 Å². The molecule has 33 heavy (non-hydrogen) atoms. The summed E-state index contributed by atoms with van der Waals surface area (Å²) >= 11 is 0. The molecule has 4 aliphatic carbocycles. The molecule has 0 radical (unpaired) electrons. The molecule has 0 amide bonds. The topological polar surface area (TPSA) is 46.5 Å². The molecule has 3 saturated carbocycles. The Balaban J connectivity index is 1.63. The van der Waals surface area contributed by atoms with Gasteiger partial charge in [0.1, 0.15) is 6.10 Å². The largest absolute Gasteiger partial charge is 0.462 e. The Morgan fingerprint density at radius 1 is 1.12 bits per heavy atom. The average Bonchev–Trinajstić information content (AvgIpc) is 3.03. The van der Waals surface area contributed by atoms with Gasteiger partial charge < -0.3 is 9.84 Å². The Kier molecular flexibility index (Phi) is 6.95. The molecular weight excluding hydrogens is 408 g/mol. The van der Waals surface area contributed by atoms with Gasteiger partial charge in [0.05, 0.1) is 6.10 Å². The van der Waals surface area contributed by atoms with Crippen LogP contribution in [-0.2, 0) is 9.53 Å². The zero-order valence-electron chi connectivity index (χ0n) is 22.1. The first-order valence-corrected chi connectivity index (χ1v) is 13.7. The maximum Gasteiger partial charge on any atom is 0.302 e. The van der Waals surface area contributed by atoms with Crippen LogP contribution in [0.2, 0.25) is 0 Å². The first-order valence-electron chi connectivity index (χ1n) is 13.7. The second kappa shape index (κ2) is 9.17. The molecule has 1 N–H and O–H groups in total. The van der Waals surface area contributed by atoms with Crippen LogP contribution in [0.25, 0.3) is 0 Å². The van der Waals surface area contributed by atoms with Crippen molar-refractivity contribution < 1.29 is 14.6 Å². The summed E-state index contributed by atoms with van der Waals surface area (Å²) in [5.74, 6) is 3.82. The summed E-state index contributed by atoms with van der Waals surface area (Å²) in [4.78, 5) is 12.1. The van der Waals surface area contributed by atoms with Crippen LogP contribution in [0, 0.1) is 52.3 Å². The lowest BCUT2D eigenvalue weighted by Crippen LogP contribution is -2.51. The van der Waals surface area contributed by atoms with Gasteiger partial charge in [-0.25, -0.2) is 0 Å². The van der Waals surface area contributed by atoms with Crippen molar-refractivity contribution in [2.75, 3.05) is 0 Å². The number of rotatable bonds is 5. The van der Waals surface area contributed by atoms with E-state index in [4.69, 9.17) is 4.74 Å². The molecule has 0 spiro atoms. The van der Waals surface area contributed by atoms with Gasteiger partial charge in [0.15, 0.2) is 0 Å². The monoisotopic (exact) mass is 456 g/mol. The van der Waals surface area contributed by atoms with E-state index in [9.17, 15) is 9.90 Å². The molecule has 4 aliphatic rings. The molecule has 3 heteroatoms. The van der Waals surface area contributed by atoms with Crippen molar-refractivity contribution in [3.63, 3.8) is 0 Å². The SMILES string of the molecule is CC(=O)OC1CC2C3CC=C4CC(O)CCC4(C)C3CCC2(C)C1C(C)C=CC(C)C(C)C. The average molecular weight is 457 g/mol. The molecule has 0 aliphatic heterocycles. The Bertz CT molecular complexity index is 796. The minimum absolute atomic E-state index is 0.0246. The lowest BCUT2D eigenvalue weighted by Gasteiger charge is -2.58. The Hall–Kier alpha value is -1.09. The van der Waals surface area contributed by atoms with Gasteiger partial charge in [-0.1, -0.05) is 65.3 Å². The summed E-state index contributed by atoms with van der Waals surface area (Å²) < 4.78 is 6.06. The zero-order valence-corrected chi connectivity index (χ0v) is 22.1. The van der Waals surface area contributed by atoms with Gasteiger partial charge in [0.25, 0.3) is 0 Å². The van der Waals surface area contributed by atoms with Gasteiger partial charge in [-0.2, -0.15) is 0 Å². The molecule has 0 aromatic carbocycles. The highest BCUT2D eigenvalue weighted by atomic mass is 16.5. The Labute approximate surface area is 202 Å².